The molecule has 0 bridgehead atoms. The van der Waals surface area contributed by atoms with E-state index in [2.05, 4.69) is 20.6 Å². The van der Waals surface area contributed by atoms with Crippen molar-refractivity contribution in [3.8, 4) is 17.1 Å². The lowest BCUT2D eigenvalue weighted by molar-refractivity contribution is -0.115. The third-order valence-corrected chi connectivity index (χ3v) is 3.90. The van der Waals surface area contributed by atoms with Crippen molar-refractivity contribution in [3.63, 3.8) is 0 Å². The Morgan fingerprint density at radius 3 is 2.70 bits per heavy atom. The standard InChI is InChI=1S/C20H20N4O3/c1-13-11-21-19(23-13)16-8-3-4-9-17(16)24-18(25)12-22-20(26)14-6-5-7-15(10-14)27-2/h3-11H,12H2,1-2H3,(H,21,23)(H,22,26)(H,24,25). The summed E-state index contributed by atoms with van der Waals surface area (Å²) in [7, 11) is 1.53. The molecule has 3 aromatic rings. The van der Waals surface area contributed by atoms with Crippen molar-refractivity contribution in [2.75, 3.05) is 19.0 Å². The Kier molecular flexibility index (Phi) is 5.51. The van der Waals surface area contributed by atoms with Crippen LogP contribution >= 0.6 is 0 Å². The molecule has 3 rings (SSSR count). The van der Waals surface area contributed by atoms with Crippen LogP contribution in [0.3, 0.4) is 0 Å². The lowest BCUT2D eigenvalue weighted by Crippen LogP contribution is -2.32. The van der Waals surface area contributed by atoms with E-state index in [-0.39, 0.29) is 18.4 Å². The third kappa shape index (κ3) is 4.52. The van der Waals surface area contributed by atoms with E-state index in [0.717, 1.165) is 11.3 Å². The summed E-state index contributed by atoms with van der Waals surface area (Å²) in [6.07, 6.45) is 1.72. The number of imidazole rings is 1. The monoisotopic (exact) mass is 364 g/mol. The number of aromatic amines is 1. The molecule has 0 aliphatic heterocycles. The van der Waals surface area contributed by atoms with Crippen LogP contribution in [0.5, 0.6) is 5.75 Å². The molecule has 2 aromatic carbocycles. The molecule has 7 heteroatoms. The largest absolute Gasteiger partial charge is 0.497 e. The van der Waals surface area contributed by atoms with Crippen LogP contribution in [0.2, 0.25) is 0 Å². The van der Waals surface area contributed by atoms with Crippen molar-refractivity contribution in [1.29, 1.82) is 0 Å². The van der Waals surface area contributed by atoms with E-state index in [9.17, 15) is 9.59 Å². The lowest BCUT2D eigenvalue weighted by atomic mass is 10.1. The Morgan fingerprint density at radius 2 is 1.96 bits per heavy atom. The zero-order valence-corrected chi connectivity index (χ0v) is 15.1. The highest BCUT2D eigenvalue weighted by Crippen LogP contribution is 2.25. The van der Waals surface area contributed by atoms with E-state index in [1.54, 1.807) is 36.5 Å². The summed E-state index contributed by atoms with van der Waals surface area (Å²) in [5.74, 6) is 0.569. The molecule has 1 aromatic heterocycles. The molecule has 0 unspecified atom stereocenters. The molecule has 0 saturated carbocycles. The van der Waals surface area contributed by atoms with Crippen LogP contribution in [0, 0.1) is 6.92 Å². The highest BCUT2D eigenvalue weighted by Gasteiger charge is 2.12. The second-order valence-electron chi connectivity index (χ2n) is 5.92. The first kappa shape index (κ1) is 18.2. The number of hydrogen-bond donors (Lipinski definition) is 3. The second kappa shape index (κ2) is 8.18. The number of rotatable bonds is 6. The van der Waals surface area contributed by atoms with Crippen molar-refractivity contribution in [2.45, 2.75) is 6.92 Å². The van der Waals surface area contributed by atoms with Gasteiger partial charge in [0.2, 0.25) is 5.91 Å². The van der Waals surface area contributed by atoms with Gasteiger partial charge in [0.15, 0.2) is 0 Å². The maximum absolute atomic E-state index is 12.3. The quantitative estimate of drug-likeness (QED) is 0.627. The Morgan fingerprint density at radius 1 is 1.15 bits per heavy atom. The maximum Gasteiger partial charge on any atom is 0.251 e. The van der Waals surface area contributed by atoms with Gasteiger partial charge in [-0.05, 0) is 37.3 Å². The number of ether oxygens (including phenoxy) is 1. The van der Waals surface area contributed by atoms with Gasteiger partial charge in [0.1, 0.15) is 11.6 Å². The lowest BCUT2D eigenvalue weighted by Gasteiger charge is -2.10. The fourth-order valence-corrected chi connectivity index (χ4v) is 2.57. The summed E-state index contributed by atoms with van der Waals surface area (Å²) in [4.78, 5) is 31.9. The van der Waals surface area contributed by atoms with E-state index < -0.39 is 0 Å². The number of hydrogen-bond acceptors (Lipinski definition) is 4. The number of H-pyrrole nitrogens is 1. The van der Waals surface area contributed by atoms with Gasteiger partial charge in [-0.3, -0.25) is 9.59 Å². The molecule has 0 aliphatic rings. The van der Waals surface area contributed by atoms with Gasteiger partial charge in [-0.1, -0.05) is 18.2 Å². The zero-order valence-electron chi connectivity index (χ0n) is 15.1. The predicted octanol–water partition coefficient (Wildman–Crippen LogP) is 2.76. The number of benzene rings is 2. The molecular weight excluding hydrogens is 344 g/mol. The van der Waals surface area contributed by atoms with Crippen molar-refractivity contribution in [1.82, 2.24) is 15.3 Å². The number of amides is 2. The van der Waals surface area contributed by atoms with E-state index in [4.69, 9.17) is 4.74 Å². The summed E-state index contributed by atoms with van der Waals surface area (Å²) in [5.41, 5.74) is 2.75. The molecular formula is C20H20N4O3. The van der Waals surface area contributed by atoms with Crippen LogP contribution < -0.4 is 15.4 Å². The smallest absolute Gasteiger partial charge is 0.251 e. The summed E-state index contributed by atoms with van der Waals surface area (Å²) < 4.78 is 5.10. The van der Waals surface area contributed by atoms with Crippen LogP contribution in [0.4, 0.5) is 5.69 Å². The molecule has 0 aliphatic carbocycles. The number of carbonyl (C=O) groups excluding carboxylic acids is 2. The van der Waals surface area contributed by atoms with Gasteiger partial charge in [-0.2, -0.15) is 0 Å². The molecule has 138 valence electrons. The molecule has 0 spiro atoms. The molecule has 0 radical (unpaired) electrons. The van der Waals surface area contributed by atoms with Crippen molar-refractivity contribution < 1.29 is 14.3 Å². The average Bonchev–Trinajstić information content (AvgIpc) is 3.12. The summed E-state index contributed by atoms with van der Waals surface area (Å²) in [6, 6.07) is 14.1. The molecule has 0 fully saturated rings. The third-order valence-electron chi connectivity index (χ3n) is 3.90. The minimum atomic E-state index is -0.348. The summed E-state index contributed by atoms with van der Waals surface area (Å²) in [6.45, 7) is 1.76. The predicted molar refractivity (Wildman–Crippen MR) is 103 cm³/mol. The first-order valence-corrected chi connectivity index (χ1v) is 8.40. The minimum absolute atomic E-state index is 0.151. The fraction of sp³-hybridized carbons (Fsp3) is 0.150. The molecule has 2 amide bonds. The van der Waals surface area contributed by atoms with E-state index in [1.165, 1.54) is 7.11 Å². The Hall–Kier alpha value is -3.61. The Labute approximate surface area is 156 Å². The number of carbonyl (C=O) groups is 2. The number of aryl methyl sites for hydroxylation is 1. The van der Waals surface area contributed by atoms with Crippen molar-refractivity contribution in [3.05, 3.63) is 66.0 Å². The minimum Gasteiger partial charge on any atom is -0.497 e. The molecule has 0 atom stereocenters. The van der Waals surface area contributed by atoms with Crippen LogP contribution in [0.1, 0.15) is 16.1 Å². The SMILES string of the molecule is COc1cccc(C(=O)NCC(=O)Nc2ccccc2-c2ncc(C)[nH]2)c1. The first-order valence-electron chi connectivity index (χ1n) is 8.40. The van der Waals surface area contributed by atoms with Gasteiger partial charge in [0.25, 0.3) is 5.91 Å². The Balaban J connectivity index is 1.64. The van der Waals surface area contributed by atoms with Crippen molar-refractivity contribution >= 4 is 17.5 Å². The first-order chi connectivity index (χ1) is 13.1. The van der Waals surface area contributed by atoms with E-state index >= 15 is 0 Å². The van der Waals surface area contributed by atoms with E-state index in [0.29, 0.717) is 22.8 Å². The van der Waals surface area contributed by atoms with Gasteiger partial charge in [-0.25, -0.2) is 4.98 Å². The fourth-order valence-electron chi connectivity index (χ4n) is 2.57. The Bertz CT molecular complexity index is 965. The normalized spacial score (nSPS) is 10.3. The van der Waals surface area contributed by atoms with Crippen LogP contribution in [0.15, 0.2) is 54.7 Å². The maximum atomic E-state index is 12.3. The van der Waals surface area contributed by atoms with Gasteiger partial charge < -0.3 is 20.4 Å². The number of nitrogens with zero attached hydrogens (tertiary/aromatic N) is 1. The van der Waals surface area contributed by atoms with Crippen LogP contribution in [0.25, 0.3) is 11.4 Å². The van der Waals surface area contributed by atoms with E-state index in [1.807, 2.05) is 25.1 Å². The number of methoxy groups -OCH3 is 1. The number of aromatic nitrogens is 2. The molecule has 7 nitrogen and oxygen atoms in total. The van der Waals surface area contributed by atoms with Crippen LogP contribution in [-0.4, -0.2) is 35.4 Å². The van der Waals surface area contributed by atoms with Crippen molar-refractivity contribution in [2.24, 2.45) is 0 Å². The van der Waals surface area contributed by atoms with Gasteiger partial charge in [-0.15, -0.1) is 0 Å². The van der Waals surface area contributed by atoms with Gasteiger partial charge in [0, 0.05) is 23.0 Å². The topological polar surface area (TPSA) is 96.1 Å². The molecule has 1 heterocycles. The number of nitrogens with one attached hydrogen (secondary N) is 3. The molecule has 0 saturated heterocycles. The number of anilines is 1. The number of para-hydroxylation sites is 1. The molecule has 27 heavy (non-hydrogen) atoms. The zero-order chi connectivity index (χ0) is 19.2. The summed E-state index contributed by atoms with van der Waals surface area (Å²) in [5, 5.41) is 5.41. The average molecular weight is 364 g/mol. The second-order valence-corrected chi connectivity index (χ2v) is 5.92. The summed E-state index contributed by atoms with van der Waals surface area (Å²) >= 11 is 0. The van der Waals surface area contributed by atoms with Gasteiger partial charge >= 0.3 is 0 Å². The highest BCUT2D eigenvalue weighted by atomic mass is 16.5. The molecule has 3 N–H and O–H groups in total. The van der Waals surface area contributed by atoms with Gasteiger partial charge in [0.05, 0.1) is 19.3 Å². The van der Waals surface area contributed by atoms with Crippen LogP contribution in [-0.2, 0) is 4.79 Å². The highest BCUT2D eigenvalue weighted by molar-refractivity contribution is 6.00.